The molecule has 110 valence electrons. The number of amides is 1. The van der Waals surface area contributed by atoms with Gasteiger partial charge in [-0.05, 0) is 12.1 Å². The van der Waals surface area contributed by atoms with E-state index in [9.17, 15) is 4.79 Å². The molecule has 0 bridgehead atoms. The fourth-order valence-electron chi connectivity index (χ4n) is 2.62. The number of nitriles is 1. The van der Waals surface area contributed by atoms with Crippen molar-refractivity contribution in [2.45, 2.75) is 0 Å². The highest BCUT2D eigenvalue weighted by molar-refractivity contribution is 5.98. The molecule has 1 aromatic rings. The lowest BCUT2D eigenvalue weighted by atomic mass is 10.1. The number of piperazine rings is 1. The van der Waals surface area contributed by atoms with Crippen LogP contribution < -0.4 is 9.47 Å². The lowest BCUT2D eigenvalue weighted by Crippen LogP contribution is -2.48. The number of rotatable bonds is 2. The Labute approximate surface area is 123 Å². The predicted octanol–water partition coefficient (Wildman–Crippen LogP) is 0.739. The molecular formula is C15H17N3O3. The van der Waals surface area contributed by atoms with E-state index in [0.29, 0.717) is 49.9 Å². The Balaban J connectivity index is 1.73. The van der Waals surface area contributed by atoms with Gasteiger partial charge in [-0.25, -0.2) is 0 Å². The third kappa shape index (κ3) is 2.78. The van der Waals surface area contributed by atoms with Crippen LogP contribution in [0.5, 0.6) is 11.5 Å². The van der Waals surface area contributed by atoms with Crippen LogP contribution in [0.1, 0.15) is 10.4 Å². The molecule has 1 aromatic carbocycles. The highest BCUT2D eigenvalue weighted by Gasteiger charge is 2.26. The molecule has 2 aliphatic heterocycles. The average molecular weight is 287 g/mol. The van der Waals surface area contributed by atoms with Crippen LogP contribution >= 0.6 is 0 Å². The molecule has 0 saturated carbocycles. The summed E-state index contributed by atoms with van der Waals surface area (Å²) in [6.07, 6.45) is 0. The lowest BCUT2D eigenvalue weighted by molar-refractivity contribution is 0.0642. The molecule has 1 amide bonds. The molecule has 6 heteroatoms. The maximum Gasteiger partial charge on any atom is 0.257 e. The average Bonchev–Trinajstić information content (AvgIpc) is 2.55. The number of nitrogens with zero attached hydrogens (tertiary/aromatic N) is 3. The minimum atomic E-state index is -0.0334. The fraction of sp³-hybridized carbons (Fsp3) is 0.467. The standard InChI is InChI=1S/C15H17N3O3/c16-4-5-17-6-8-18(9-7-17)15(19)12-2-1-3-13-14(12)21-11-10-20-13/h1-3H,5-11H2. The van der Waals surface area contributed by atoms with Crippen molar-refractivity contribution < 1.29 is 14.3 Å². The topological polar surface area (TPSA) is 65.8 Å². The molecule has 0 N–H and O–H groups in total. The highest BCUT2D eigenvalue weighted by Crippen LogP contribution is 2.34. The Morgan fingerprint density at radius 2 is 1.95 bits per heavy atom. The number of ether oxygens (including phenoxy) is 2. The van der Waals surface area contributed by atoms with E-state index < -0.39 is 0 Å². The van der Waals surface area contributed by atoms with E-state index in [4.69, 9.17) is 14.7 Å². The second-order valence-corrected chi connectivity index (χ2v) is 5.06. The van der Waals surface area contributed by atoms with E-state index in [2.05, 4.69) is 6.07 Å². The molecule has 2 aliphatic rings. The molecule has 1 fully saturated rings. The first-order valence-corrected chi connectivity index (χ1v) is 7.07. The number of fused-ring (bicyclic) bond motifs is 1. The maximum atomic E-state index is 12.6. The lowest BCUT2D eigenvalue weighted by Gasteiger charge is -2.34. The van der Waals surface area contributed by atoms with Crippen LogP contribution in [0.2, 0.25) is 0 Å². The summed E-state index contributed by atoms with van der Waals surface area (Å²) in [5.74, 6) is 1.15. The van der Waals surface area contributed by atoms with Crippen LogP contribution in [-0.4, -0.2) is 61.6 Å². The maximum absolute atomic E-state index is 12.6. The van der Waals surface area contributed by atoms with Crippen LogP contribution in [0.4, 0.5) is 0 Å². The number of benzene rings is 1. The van der Waals surface area contributed by atoms with Gasteiger partial charge in [-0.15, -0.1) is 0 Å². The molecule has 3 rings (SSSR count). The van der Waals surface area contributed by atoms with Gasteiger partial charge in [0.2, 0.25) is 0 Å². The van der Waals surface area contributed by atoms with Crippen molar-refractivity contribution in [3.05, 3.63) is 23.8 Å². The summed E-state index contributed by atoms with van der Waals surface area (Å²) in [6.45, 7) is 4.11. The Morgan fingerprint density at radius 3 is 2.71 bits per heavy atom. The monoisotopic (exact) mass is 287 g/mol. The van der Waals surface area contributed by atoms with Gasteiger partial charge in [-0.2, -0.15) is 5.26 Å². The largest absolute Gasteiger partial charge is 0.486 e. The number of hydrogen-bond acceptors (Lipinski definition) is 5. The van der Waals surface area contributed by atoms with Gasteiger partial charge < -0.3 is 14.4 Å². The number of carbonyl (C=O) groups is 1. The second kappa shape index (κ2) is 6.02. The van der Waals surface area contributed by atoms with Gasteiger partial charge in [0.15, 0.2) is 11.5 Å². The number of para-hydroxylation sites is 1. The van der Waals surface area contributed by atoms with Crippen molar-refractivity contribution in [2.24, 2.45) is 0 Å². The predicted molar refractivity (Wildman–Crippen MR) is 75.4 cm³/mol. The molecule has 6 nitrogen and oxygen atoms in total. The van der Waals surface area contributed by atoms with Crippen molar-refractivity contribution in [1.29, 1.82) is 5.26 Å². The fourth-order valence-corrected chi connectivity index (χ4v) is 2.62. The van der Waals surface area contributed by atoms with E-state index in [1.165, 1.54) is 0 Å². The Bertz CT molecular complexity index is 574. The summed E-state index contributed by atoms with van der Waals surface area (Å²) in [6, 6.07) is 7.54. The van der Waals surface area contributed by atoms with Crippen molar-refractivity contribution >= 4 is 5.91 Å². The summed E-state index contributed by atoms with van der Waals surface area (Å²) in [5.41, 5.74) is 0.556. The van der Waals surface area contributed by atoms with E-state index in [1.54, 1.807) is 11.0 Å². The van der Waals surface area contributed by atoms with Gasteiger partial charge >= 0.3 is 0 Å². The van der Waals surface area contributed by atoms with Crippen LogP contribution in [0, 0.1) is 11.3 Å². The van der Waals surface area contributed by atoms with E-state index in [-0.39, 0.29) is 5.91 Å². The molecule has 0 aromatic heterocycles. The Kier molecular flexibility index (Phi) is 3.93. The highest BCUT2D eigenvalue weighted by atomic mass is 16.6. The van der Waals surface area contributed by atoms with Crippen LogP contribution in [0.25, 0.3) is 0 Å². The Morgan fingerprint density at radius 1 is 1.19 bits per heavy atom. The number of hydrogen-bond donors (Lipinski definition) is 0. The first-order valence-electron chi connectivity index (χ1n) is 7.07. The SMILES string of the molecule is N#CCN1CCN(C(=O)c2cccc3c2OCCO3)CC1. The number of carbonyl (C=O) groups excluding carboxylic acids is 1. The first-order chi connectivity index (χ1) is 10.3. The van der Waals surface area contributed by atoms with Crippen LogP contribution in [-0.2, 0) is 0 Å². The van der Waals surface area contributed by atoms with Gasteiger partial charge in [0.1, 0.15) is 13.2 Å². The summed E-state index contributed by atoms with van der Waals surface area (Å²) in [4.78, 5) is 16.5. The van der Waals surface area contributed by atoms with Crippen molar-refractivity contribution in [3.63, 3.8) is 0 Å². The molecule has 0 spiro atoms. The van der Waals surface area contributed by atoms with Crippen molar-refractivity contribution in [1.82, 2.24) is 9.80 Å². The molecule has 0 unspecified atom stereocenters. The van der Waals surface area contributed by atoms with Gasteiger partial charge in [-0.3, -0.25) is 9.69 Å². The van der Waals surface area contributed by atoms with Gasteiger partial charge in [0.05, 0.1) is 18.2 Å². The smallest absolute Gasteiger partial charge is 0.257 e. The minimum Gasteiger partial charge on any atom is -0.486 e. The van der Waals surface area contributed by atoms with Crippen LogP contribution in [0.3, 0.4) is 0 Å². The van der Waals surface area contributed by atoms with Gasteiger partial charge in [-0.1, -0.05) is 6.07 Å². The molecular weight excluding hydrogens is 270 g/mol. The molecule has 1 saturated heterocycles. The third-order valence-corrected chi connectivity index (χ3v) is 3.75. The third-order valence-electron chi connectivity index (χ3n) is 3.75. The van der Waals surface area contributed by atoms with E-state index in [1.807, 2.05) is 17.0 Å². The zero-order valence-electron chi connectivity index (χ0n) is 11.7. The molecule has 2 heterocycles. The molecule has 21 heavy (non-hydrogen) atoms. The van der Waals surface area contributed by atoms with Gasteiger partial charge in [0.25, 0.3) is 5.91 Å². The quantitative estimate of drug-likeness (QED) is 0.751. The first kappa shape index (κ1) is 13.7. The molecule has 0 radical (unpaired) electrons. The second-order valence-electron chi connectivity index (χ2n) is 5.06. The summed E-state index contributed by atoms with van der Waals surface area (Å²) >= 11 is 0. The van der Waals surface area contributed by atoms with E-state index >= 15 is 0 Å². The van der Waals surface area contributed by atoms with Crippen molar-refractivity contribution in [3.8, 4) is 17.6 Å². The Hall–Kier alpha value is -2.26. The summed E-state index contributed by atoms with van der Waals surface area (Å²) < 4.78 is 11.1. The molecule has 0 aliphatic carbocycles. The molecule has 0 atom stereocenters. The zero-order chi connectivity index (χ0) is 14.7. The minimum absolute atomic E-state index is 0.0334. The normalized spacial score (nSPS) is 18.1. The van der Waals surface area contributed by atoms with Gasteiger partial charge in [0, 0.05) is 26.2 Å². The summed E-state index contributed by atoms with van der Waals surface area (Å²) in [7, 11) is 0. The van der Waals surface area contributed by atoms with Crippen LogP contribution in [0.15, 0.2) is 18.2 Å². The zero-order valence-corrected chi connectivity index (χ0v) is 11.7. The van der Waals surface area contributed by atoms with E-state index in [0.717, 1.165) is 13.1 Å². The summed E-state index contributed by atoms with van der Waals surface area (Å²) in [5, 5.41) is 8.70. The van der Waals surface area contributed by atoms with Crippen molar-refractivity contribution in [2.75, 3.05) is 45.9 Å².